The van der Waals surface area contributed by atoms with Crippen molar-refractivity contribution in [3.05, 3.63) is 52.1 Å². The number of fused-ring (bicyclic) bond motifs is 1. The lowest BCUT2D eigenvalue weighted by molar-refractivity contribution is -0.384. The SMILES string of the molecule is C[C@H](Nc1ccc(C(F)(F)F)cc1[N+](=O)[O-])C(=O)Nc1ccc2c(c1)OCCO2. The van der Waals surface area contributed by atoms with Gasteiger partial charge in [-0.25, -0.2) is 0 Å². The number of halogens is 3. The van der Waals surface area contributed by atoms with E-state index >= 15 is 0 Å². The molecular weight excluding hydrogens is 395 g/mol. The Bertz CT molecular complexity index is 949. The molecule has 154 valence electrons. The van der Waals surface area contributed by atoms with Crippen LogP contribution >= 0.6 is 0 Å². The summed E-state index contributed by atoms with van der Waals surface area (Å²) in [5.41, 5.74) is -1.72. The van der Waals surface area contributed by atoms with Gasteiger partial charge in [-0.15, -0.1) is 0 Å². The minimum Gasteiger partial charge on any atom is -0.486 e. The molecule has 11 heteroatoms. The van der Waals surface area contributed by atoms with Gasteiger partial charge in [-0.2, -0.15) is 13.2 Å². The monoisotopic (exact) mass is 411 g/mol. The number of anilines is 2. The van der Waals surface area contributed by atoms with Crippen LogP contribution < -0.4 is 20.1 Å². The largest absolute Gasteiger partial charge is 0.486 e. The Kier molecular flexibility index (Phi) is 5.48. The number of nitrogens with one attached hydrogen (secondary N) is 2. The van der Waals surface area contributed by atoms with Gasteiger partial charge in [0.2, 0.25) is 5.91 Å². The van der Waals surface area contributed by atoms with Crippen molar-refractivity contribution in [1.29, 1.82) is 0 Å². The maximum Gasteiger partial charge on any atom is 0.416 e. The predicted molar refractivity (Wildman–Crippen MR) is 97.2 cm³/mol. The topological polar surface area (TPSA) is 103 Å². The fraction of sp³-hybridized carbons (Fsp3) is 0.278. The van der Waals surface area contributed by atoms with Crippen molar-refractivity contribution in [2.75, 3.05) is 23.8 Å². The van der Waals surface area contributed by atoms with E-state index in [0.717, 1.165) is 6.07 Å². The fourth-order valence-corrected chi connectivity index (χ4v) is 2.65. The Hall–Kier alpha value is -3.50. The summed E-state index contributed by atoms with van der Waals surface area (Å²) in [6.45, 7) is 2.22. The van der Waals surface area contributed by atoms with E-state index in [1.54, 1.807) is 18.2 Å². The minimum absolute atomic E-state index is 0.201. The molecule has 2 N–H and O–H groups in total. The van der Waals surface area contributed by atoms with E-state index in [9.17, 15) is 28.1 Å². The number of nitrogens with zero attached hydrogens (tertiary/aromatic N) is 1. The highest BCUT2D eigenvalue weighted by Crippen LogP contribution is 2.35. The van der Waals surface area contributed by atoms with E-state index in [0.29, 0.717) is 42.5 Å². The van der Waals surface area contributed by atoms with Crippen molar-refractivity contribution in [2.45, 2.75) is 19.1 Å². The molecule has 1 atom stereocenters. The molecule has 1 aliphatic rings. The molecule has 2 aromatic rings. The van der Waals surface area contributed by atoms with Crippen molar-refractivity contribution in [1.82, 2.24) is 0 Å². The Balaban J connectivity index is 1.73. The number of ether oxygens (including phenoxy) is 2. The molecule has 0 saturated carbocycles. The van der Waals surface area contributed by atoms with E-state index in [4.69, 9.17) is 9.47 Å². The summed E-state index contributed by atoms with van der Waals surface area (Å²) < 4.78 is 49.2. The fourth-order valence-electron chi connectivity index (χ4n) is 2.65. The first kappa shape index (κ1) is 20.2. The molecule has 3 rings (SSSR count). The maximum atomic E-state index is 12.8. The summed E-state index contributed by atoms with van der Waals surface area (Å²) in [6, 6.07) is 5.88. The smallest absolute Gasteiger partial charge is 0.416 e. The molecule has 0 unspecified atom stereocenters. The van der Waals surface area contributed by atoms with Crippen molar-refractivity contribution < 1.29 is 32.4 Å². The molecular formula is C18H16F3N3O5. The van der Waals surface area contributed by atoms with Crippen molar-refractivity contribution in [2.24, 2.45) is 0 Å². The third-order valence-electron chi connectivity index (χ3n) is 4.10. The first-order valence-corrected chi connectivity index (χ1v) is 8.48. The standard InChI is InChI=1S/C18H16F3N3O5/c1-10(17(25)23-12-3-5-15-16(9-12)29-7-6-28-15)22-13-4-2-11(18(19,20)21)8-14(13)24(26)27/h2-5,8-10,22H,6-7H2,1H3,(H,23,25)/t10-/m0/s1. The molecule has 0 fully saturated rings. The summed E-state index contributed by atoms with van der Waals surface area (Å²) in [4.78, 5) is 22.6. The Morgan fingerprint density at radius 3 is 2.48 bits per heavy atom. The zero-order valence-electron chi connectivity index (χ0n) is 15.1. The van der Waals surface area contributed by atoms with E-state index in [-0.39, 0.29) is 5.69 Å². The first-order chi connectivity index (χ1) is 13.6. The molecule has 0 saturated heterocycles. The van der Waals surface area contributed by atoms with Crippen molar-refractivity contribution in [3.63, 3.8) is 0 Å². The summed E-state index contributed by atoms with van der Waals surface area (Å²) in [7, 11) is 0. The molecule has 1 heterocycles. The molecule has 29 heavy (non-hydrogen) atoms. The van der Waals surface area contributed by atoms with Crippen LogP contribution in [0.25, 0.3) is 0 Å². The van der Waals surface area contributed by atoms with E-state index < -0.39 is 34.3 Å². The molecule has 0 spiro atoms. The third-order valence-corrected chi connectivity index (χ3v) is 4.10. The van der Waals surface area contributed by atoms with Crippen LogP contribution in [0, 0.1) is 10.1 Å². The average Bonchev–Trinajstić information content (AvgIpc) is 2.67. The van der Waals surface area contributed by atoms with Crippen LogP contribution in [0.5, 0.6) is 11.5 Å². The van der Waals surface area contributed by atoms with E-state index in [2.05, 4.69) is 10.6 Å². The molecule has 1 amide bonds. The lowest BCUT2D eigenvalue weighted by Crippen LogP contribution is -2.32. The van der Waals surface area contributed by atoms with Crippen LogP contribution in [-0.2, 0) is 11.0 Å². The van der Waals surface area contributed by atoms with Crippen LogP contribution in [0.15, 0.2) is 36.4 Å². The zero-order chi connectivity index (χ0) is 21.2. The number of benzene rings is 2. The zero-order valence-corrected chi connectivity index (χ0v) is 15.1. The predicted octanol–water partition coefficient (Wildman–Crippen LogP) is 3.82. The van der Waals surface area contributed by atoms with Gasteiger partial charge in [-0.3, -0.25) is 14.9 Å². The van der Waals surface area contributed by atoms with Gasteiger partial charge in [-0.05, 0) is 31.2 Å². The Morgan fingerprint density at radius 2 is 1.83 bits per heavy atom. The van der Waals surface area contributed by atoms with Crippen LogP contribution in [-0.4, -0.2) is 30.1 Å². The normalized spacial score (nSPS) is 14.1. The number of alkyl halides is 3. The number of rotatable bonds is 5. The summed E-state index contributed by atoms with van der Waals surface area (Å²) in [6.07, 6.45) is -4.72. The number of carbonyl (C=O) groups excluding carboxylic acids is 1. The number of nitro benzene ring substituents is 1. The van der Waals surface area contributed by atoms with Gasteiger partial charge >= 0.3 is 6.18 Å². The highest BCUT2D eigenvalue weighted by Gasteiger charge is 2.33. The number of hydrogen-bond donors (Lipinski definition) is 2. The quantitative estimate of drug-likeness (QED) is 0.573. The summed E-state index contributed by atoms with van der Waals surface area (Å²) in [5.74, 6) is 0.463. The second kappa shape index (κ2) is 7.86. The third kappa shape index (κ3) is 4.68. The molecule has 0 aliphatic carbocycles. The lowest BCUT2D eigenvalue weighted by atomic mass is 10.1. The molecule has 0 bridgehead atoms. The van der Waals surface area contributed by atoms with Gasteiger partial charge in [0.15, 0.2) is 11.5 Å². The van der Waals surface area contributed by atoms with Gasteiger partial charge in [-0.1, -0.05) is 0 Å². The molecule has 8 nitrogen and oxygen atoms in total. The Labute approximate surface area is 162 Å². The van der Waals surface area contributed by atoms with Gasteiger partial charge in [0.1, 0.15) is 24.9 Å². The summed E-state index contributed by atoms with van der Waals surface area (Å²) >= 11 is 0. The molecule has 0 aromatic heterocycles. The minimum atomic E-state index is -4.72. The Morgan fingerprint density at radius 1 is 1.14 bits per heavy atom. The highest BCUT2D eigenvalue weighted by atomic mass is 19.4. The van der Waals surface area contributed by atoms with Crippen LogP contribution in [0.4, 0.5) is 30.2 Å². The molecule has 2 aromatic carbocycles. The second-order valence-corrected chi connectivity index (χ2v) is 6.20. The average molecular weight is 411 g/mol. The van der Waals surface area contributed by atoms with Crippen LogP contribution in [0.3, 0.4) is 0 Å². The summed E-state index contributed by atoms with van der Waals surface area (Å²) in [5, 5.41) is 16.3. The van der Waals surface area contributed by atoms with Crippen molar-refractivity contribution in [3.8, 4) is 11.5 Å². The number of amides is 1. The number of hydrogen-bond acceptors (Lipinski definition) is 6. The first-order valence-electron chi connectivity index (χ1n) is 8.48. The van der Waals surface area contributed by atoms with Crippen LogP contribution in [0.2, 0.25) is 0 Å². The van der Waals surface area contributed by atoms with E-state index in [1.807, 2.05) is 0 Å². The highest BCUT2D eigenvalue weighted by molar-refractivity contribution is 5.96. The molecule has 1 aliphatic heterocycles. The molecule has 0 radical (unpaired) electrons. The number of carbonyl (C=O) groups is 1. The number of nitro groups is 1. The van der Waals surface area contributed by atoms with Crippen LogP contribution in [0.1, 0.15) is 12.5 Å². The van der Waals surface area contributed by atoms with Gasteiger partial charge in [0.25, 0.3) is 5.69 Å². The van der Waals surface area contributed by atoms with Gasteiger partial charge in [0, 0.05) is 17.8 Å². The van der Waals surface area contributed by atoms with Gasteiger partial charge < -0.3 is 20.1 Å². The van der Waals surface area contributed by atoms with Gasteiger partial charge in [0.05, 0.1) is 10.5 Å². The maximum absolute atomic E-state index is 12.8. The van der Waals surface area contributed by atoms with Crippen molar-refractivity contribution >= 4 is 23.0 Å². The lowest BCUT2D eigenvalue weighted by Gasteiger charge is -2.20. The van der Waals surface area contributed by atoms with E-state index in [1.165, 1.54) is 6.92 Å². The second-order valence-electron chi connectivity index (χ2n) is 6.20.